The van der Waals surface area contributed by atoms with Crippen LogP contribution in [0, 0.1) is 5.82 Å². The SMILES string of the molecule is CNC(c1cccc(F)c1Br)c1c(OC)cccc1OC. The molecule has 0 aliphatic rings. The molecule has 0 amide bonds. The molecular formula is C16H17BrFNO2. The average molecular weight is 354 g/mol. The zero-order valence-corrected chi connectivity index (χ0v) is 13.7. The highest BCUT2D eigenvalue weighted by atomic mass is 79.9. The fourth-order valence-electron chi connectivity index (χ4n) is 2.36. The summed E-state index contributed by atoms with van der Waals surface area (Å²) in [6, 6.07) is 10.3. The van der Waals surface area contributed by atoms with Crippen molar-refractivity contribution >= 4 is 15.9 Å². The van der Waals surface area contributed by atoms with Gasteiger partial charge in [-0.05, 0) is 46.7 Å². The van der Waals surface area contributed by atoms with E-state index in [1.54, 1.807) is 20.3 Å². The Hall–Kier alpha value is -1.59. The second kappa shape index (κ2) is 6.91. The van der Waals surface area contributed by atoms with Gasteiger partial charge in [-0.25, -0.2) is 4.39 Å². The van der Waals surface area contributed by atoms with Crippen molar-refractivity contribution in [2.75, 3.05) is 21.3 Å². The van der Waals surface area contributed by atoms with E-state index in [-0.39, 0.29) is 11.9 Å². The summed E-state index contributed by atoms with van der Waals surface area (Å²) in [5, 5.41) is 3.20. The Morgan fingerprint density at radius 1 is 1.05 bits per heavy atom. The third-order valence-corrected chi connectivity index (χ3v) is 4.17. The molecule has 1 unspecified atom stereocenters. The van der Waals surface area contributed by atoms with Crippen LogP contribution >= 0.6 is 15.9 Å². The molecule has 0 bridgehead atoms. The Bertz CT molecular complexity index is 611. The van der Waals surface area contributed by atoms with E-state index in [4.69, 9.17) is 9.47 Å². The van der Waals surface area contributed by atoms with Crippen LogP contribution in [0.3, 0.4) is 0 Å². The molecule has 2 aromatic carbocycles. The Kier molecular flexibility index (Phi) is 5.20. The molecule has 2 aromatic rings. The highest BCUT2D eigenvalue weighted by Crippen LogP contribution is 2.39. The van der Waals surface area contributed by atoms with Crippen molar-refractivity contribution in [2.45, 2.75) is 6.04 Å². The topological polar surface area (TPSA) is 30.5 Å². The van der Waals surface area contributed by atoms with Gasteiger partial charge in [0, 0.05) is 0 Å². The smallest absolute Gasteiger partial charge is 0.137 e. The normalized spacial score (nSPS) is 12.0. The maximum absolute atomic E-state index is 13.8. The number of ether oxygens (including phenoxy) is 2. The monoisotopic (exact) mass is 353 g/mol. The van der Waals surface area contributed by atoms with Crippen molar-refractivity contribution in [1.29, 1.82) is 0 Å². The molecular weight excluding hydrogens is 337 g/mol. The van der Waals surface area contributed by atoms with Crippen LogP contribution in [0.15, 0.2) is 40.9 Å². The predicted molar refractivity (Wildman–Crippen MR) is 84.5 cm³/mol. The first kappa shape index (κ1) is 15.8. The summed E-state index contributed by atoms with van der Waals surface area (Å²) < 4.78 is 25.1. The average Bonchev–Trinajstić information content (AvgIpc) is 2.52. The quantitative estimate of drug-likeness (QED) is 0.883. The second-order valence-corrected chi connectivity index (χ2v) is 5.23. The van der Waals surface area contributed by atoms with Crippen LogP contribution in [0.4, 0.5) is 4.39 Å². The van der Waals surface area contributed by atoms with Gasteiger partial charge in [-0.1, -0.05) is 18.2 Å². The van der Waals surface area contributed by atoms with Crippen LogP contribution in [0.2, 0.25) is 0 Å². The van der Waals surface area contributed by atoms with E-state index >= 15 is 0 Å². The minimum absolute atomic E-state index is 0.263. The van der Waals surface area contributed by atoms with Gasteiger partial charge in [-0.3, -0.25) is 0 Å². The number of methoxy groups -OCH3 is 2. The van der Waals surface area contributed by atoms with Gasteiger partial charge in [0.2, 0.25) is 0 Å². The van der Waals surface area contributed by atoms with E-state index in [0.29, 0.717) is 16.0 Å². The maximum atomic E-state index is 13.8. The molecule has 5 heteroatoms. The molecule has 112 valence electrons. The first-order valence-electron chi connectivity index (χ1n) is 6.46. The molecule has 1 N–H and O–H groups in total. The van der Waals surface area contributed by atoms with Crippen molar-refractivity contribution < 1.29 is 13.9 Å². The van der Waals surface area contributed by atoms with E-state index in [9.17, 15) is 4.39 Å². The molecule has 2 rings (SSSR count). The number of rotatable bonds is 5. The highest BCUT2D eigenvalue weighted by Gasteiger charge is 2.24. The van der Waals surface area contributed by atoms with E-state index in [1.165, 1.54) is 6.07 Å². The van der Waals surface area contributed by atoms with Gasteiger partial charge in [0.15, 0.2) is 0 Å². The lowest BCUT2D eigenvalue weighted by atomic mass is 9.97. The van der Waals surface area contributed by atoms with Gasteiger partial charge in [0.05, 0.1) is 30.3 Å². The van der Waals surface area contributed by atoms with E-state index in [0.717, 1.165) is 11.1 Å². The van der Waals surface area contributed by atoms with Gasteiger partial charge < -0.3 is 14.8 Å². The molecule has 0 saturated carbocycles. The molecule has 1 atom stereocenters. The van der Waals surface area contributed by atoms with Crippen LogP contribution in [0.25, 0.3) is 0 Å². The Morgan fingerprint density at radius 3 is 2.14 bits per heavy atom. The van der Waals surface area contributed by atoms with Crippen molar-refractivity contribution in [3.05, 3.63) is 57.8 Å². The van der Waals surface area contributed by atoms with Crippen LogP contribution < -0.4 is 14.8 Å². The van der Waals surface area contributed by atoms with Crippen molar-refractivity contribution in [3.8, 4) is 11.5 Å². The lowest BCUT2D eigenvalue weighted by Gasteiger charge is -2.23. The summed E-state index contributed by atoms with van der Waals surface area (Å²) in [4.78, 5) is 0. The highest BCUT2D eigenvalue weighted by molar-refractivity contribution is 9.10. The van der Waals surface area contributed by atoms with Crippen molar-refractivity contribution in [2.24, 2.45) is 0 Å². The standard InChI is InChI=1S/C16H17BrFNO2/c1-19-16(10-6-4-7-11(18)15(10)17)14-12(20-2)8-5-9-13(14)21-3/h4-9,16,19H,1-3H3. The van der Waals surface area contributed by atoms with Gasteiger partial charge >= 0.3 is 0 Å². The second-order valence-electron chi connectivity index (χ2n) is 4.44. The lowest BCUT2D eigenvalue weighted by Crippen LogP contribution is -2.20. The minimum Gasteiger partial charge on any atom is -0.496 e. The third-order valence-electron chi connectivity index (χ3n) is 3.34. The summed E-state index contributed by atoms with van der Waals surface area (Å²) in [5.41, 5.74) is 1.61. The van der Waals surface area contributed by atoms with Gasteiger partial charge in [0.25, 0.3) is 0 Å². The molecule has 0 heterocycles. The summed E-state index contributed by atoms with van der Waals surface area (Å²) in [6.07, 6.45) is 0. The molecule has 0 aliphatic heterocycles. The molecule has 0 radical (unpaired) electrons. The zero-order chi connectivity index (χ0) is 15.4. The first-order chi connectivity index (χ1) is 10.1. The van der Waals surface area contributed by atoms with Crippen LogP contribution in [-0.2, 0) is 0 Å². The van der Waals surface area contributed by atoms with Crippen LogP contribution in [-0.4, -0.2) is 21.3 Å². The van der Waals surface area contributed by atoms with E-state index in [1.807, 2.05) is 31.3 Å². The van der Waals surface area contributed by atoms with Crippen LogP contribution in [0.5, 0.6) is 11.5 Å². The fourth-order valence-corrected chi connectivity index (χ4v) is 2.86. The molecule has 21 heavy (non-hydrogen) atoms. The number of hydrogen-bond acceptors (Lipinski definition) is 3. The lowest BCUT2D eigenvalue weighted by molar-refractivity contribution is 0.378. The summed E-state index contributed by atoms with van der Waals surface area (Å²) in [5.74, 6) is 1.07. The summed E-state index contributed by atoms with van der Waals surface area (Å²) in [6.45, 7) is 0. The van der Waals surface area contributed by atoms with Gasteiger partial charge in [0.1, 0.15) is 17.3 Å². The Morgan fingerprint density at radius 2 is 1.62 bits per heavy atom. The molecule has 0 spiro atoms. The largest absolute Gasteiger partial charge is 0.496 e. The molecule has 0 aromatic heterocycles. The molecule has 0 saturated heterocycles. The molecule has 0 aliphatic carbocycles. The van der Waals surface area contributed by atoms with Gasteiger partial charge in [-0.2, -0.15) is 0 Å². The van der Waals surface area contributed by atoms with Crippen LogP contribution in [0.1, 0.15) is 17.2 Å². The maximum Gasteiger partial charge on any atom is 0.137 e. The van der Waals surface area contributed by atoms with Crippen molar-refractivity contribution in [1.82, 2.24) is 5.32 Å². The fraction of sp³-hybridized carbons (Fsp3) is 0.250. The predicted octanol–water partition coefficient (Wildman–Crippen LogP) is 3.91. The summed E-state index contributed by atoms with van der Waals surface area (Å²) >= 11 is 3.32. The van der Waals surface area contributed by atoms with Gasteiger partial charge in [-0.15, -0.1) is 0 Å². The van der Waals surface area contributed by atoms with Crippen molar-refractivity contribution in [3.63, 3.8) is 0 Å². The third kappa shape index (κ3) is 3.04. The molecule has 3 nitrogen and oxygen atoms in total. The number of halogens is 2. The number of nitrogens with one attached hydrogen (secondary N) is 1. The first-order valence-corrected chi connectivity index (χ1v) is 7.25. The van der Waals surface area contributed by atoms with E-state index < -0.39 is 0 Å². The number of hydrogen-bond donors (Lipinski definition) is 1. The van der Waals surface area contributed by atoms with E-state index in [2.05, 4.69) is 21.2 Å². The number of benzene rings is 2. The Balaban J connectivity index is 2.64. The Labute approximate surface area is 132 Å². The molecule has 0 fully saturated rings. The zero-order valence-electron chi connectivity index (χ0n) is 12.1. The summed E-state index contributed by atoms with van der Waals surface area (Å²) in [7, 11) is 5.02. The minimum atomic E-state index is -0.304.